The average molecular weight is 197 g/mol. The molecule has 1 amide bonds. The fourth-order valence-corrected chi connectivity index (χ4v) is 0.869. The van der Waals surface area contributed by atoms with Gasteiger partial charge in [-0.05, 0) is 19.1 Å². The van der Waals surface area contributed by atoms with E-state index in [0.717, 1.165) is 5.69 Å². The molecular weight excluding hydrogens is 188 g/mol. The lowest BCUT2D eigenvalue weighted by Crippen LogP contribution is -2.10. The van der Waals surface area contributed by atoms with Gasteiger partial charge in [0.2, 0.25) is 0 Å². The van der Waals surface area contributed by atoms with Crippen molar-refractivity contribution in [3.8, 4) is 0 Å². The van der Waals surface area contributed by atoms with Gasteiger partial charge in [0.15, 0.2) is 0 Å². The molecule has 0 fully saturated rings. The monoisotopic (exact) mass is 196 g/mol. The first-order chi connectivity index (χ1) is 6.09. The minimum Gasteiger partial charge on any atom is -0.321 e. The van der Waals surface area contributed by atoms with Crippen LogP contribution in [0.3, 0.4) is 0 Å². The Bertz CT molecular complexity index is 349. The molecule has 1 heterocycles. The molecule has 0 bridgehead atoms. The quantitative estimate of drug-likeness (QED) is 0.736. The number of hydrogen-bond acceptors (Lipinski definition) is 2. The summed E-state index contributed by atoms with van der Waals surface area (Å²) in [4.78, 5) is 15.0. The molecule has 0 aliphatic heterocycles. The largest absolute Gasteiger partial charge is 0.321 e. The van der Waals surface area contributed by atoms with Gasteiger partial charge < -0.3 is 5.32 Å². The summed E-state index contributed by atoms with van der Waals surface area (Å²) in [5.74, 6) is -0.396. The zero-order valence-electron chi connectivity index (χ0n) is 7.17. The number of nitrogens with one attached hydrogen (secondary N) is 1. The molecule has 68 valence electrons. The first-order valence-corrected chi connectivity index (χ1v) is 4.06. The van der Waals surface area contributed by atoms with E-state index in [4.69, 9.17) is 11.6 Å². The van der Waals surface area contributed by atoms with Crippen molar-refractivity contribution in [3.63, 3.8) is 0 Å². The van der Waals surface area contributed by atoms with Crippen LogP contribution >= 0.6 is 11.6 Å². The van der Waals surface area contributed by atoms with Crippen molar-refractivity contribution in [1.82, 2.24) is 4.98 Å². The van der Waals surface area contributed by atoms with Crippen LogP contribution in [0.15, 0.2) is 29.9 Å². The fraction of sp³-hybridized carbons (Fsp3) is 0.111. The molecule has 1 aromatic rings. The average Bonchev–Trinajstić information content (AvgIpc) is 2.04. The van der Waals surface area contributed by atoms with Gasteiger partial charge >= 0.3 is 0 Å². The molecule has 0 radical (unpaired) electrons. The molecule has 4 heteroatoms. The van der Waals surface area contributed by atoms with Crippen molar-refractivity contribution in [3.05, 3.63) is 35.6 Å². The Balaban J connectivity index is 2.75. The Hall–Kier alpha value is -1.35. The topological polar surface area (TPSA) is 42.0 Å². The van der Waals surface area contributed by atoms with Crippen LogP contribution in [0, 0.1) is 6.92 Å². The first kappa shape index (κ1) is 9.74. The van der Waals surface area contributed by atoms with Crippen LogP contribution in [0.4, 0.5) is 5.69 Å². The van der Waals surface area contributed by atoms with Gasteiger partial charge in [-0.15, -0.1) is 0 Å². The van der Waals surface area contributed by atoms with E-state index >= 15 is 0 Å². The number of carbonyl (C=O) groups is 1. The van der Waals surface area contributed by atoms with E-state index in [1.807, 2.05) is 6.92 Å². The standard InChI is InChI=1S/C9H9ClN2O/c1-6-5-8(3-4-11-6)12-9(13)7(2)10/h3-5H,2H2,1H3,(H,11,12,13). The molecule has 13 heavy (non-hydrogen) atoms. The lowest BCUT2D eigenvalue weighted by Gasteiger charge is -2.03. The van der Waals surface area contributed by atoms with Crippen molar-refractivity contribution in [2.45, 2.75) is 6.92 Å². The summed E-state index contributed by atoms with van der Waals surface area (Å²) < 4.78 is 0. The number of pyridine rings is 1. The number of hydrogen-bond donors (Lipinski definition) is 1. The van der Waals surface area contributed by atoms with Gasteiger partial charge in [0, 0.05) is 17.6 Å². The molecule has 3 nitrogen and oxygen atoms in total. The minimum atomic E-state index is -0.396. The summed E-state index contributed by atoms with van der Waals surface area (Å²) in [5, 5.41) is 2.54. The third-order valence-corrected chi connectivity index (χ3v) is 1.57. The van der Waals surface area contributed by atoms with Crippen LogP contribution in [0.25, 0.3) is 0 Å². The highest BCUT2D eigenvalue weighted by molar-refractivity contribution is 6.43. The van der Waals surface area contributed by atoms with E-state index in [9.17, 15) is 4.79 Å². The molecule has 1 aromatic heterocycles. The fourth-order valence-electron chi connectivity index (χ4n) is 0.822. The number of rotatable bonds is 2. The first-order valence-electron chi connectivity index (χ1n) is 3.68. The molecule has 0 unspecified atom stereocenters. The predicted octanol–water partition coefficient (Wildman–Crippen LogP) is 2.08. The van der Waals surface area contributed by atoms with Crippen LogP contribution in [0.5, 0.6) is 0 Å². The zero-order chi connectivity index (χ0) is 9.84. The molecule has 0 atom stereocenters. The van der Waals surface area contributed by atoms with Crippen molar-refractivity contribution in [2.75, 3.05) is 5.32 Å². The van der Waals surface area contributed by atoms with Crippen molar-refractivity contribution in [2.24, 2.45) is 0 Å². The summed E-state index contributed by atoms with van der Waals surface area (Å²) in [6, 6.07) is 3.43. The minimum absolute atomic E-state index is 0.0329. The summed E-state index contributed by atoms with van der Waals surface area (Å²) in [5.41, 5.74) is 1.50. The maximum absolute atomic E-state index is 11.1. The number of aryl methyl sites for hydroxylation is 1. The number of amides is 1. The van der Waals surface area contributed by atoms with Crippen molar-refractivity contribution in [1.29, 1.82) is 0 Å². The second kappa shape index (κ2) is 4.05. The Morgan fingerprint density at radius 1 is 1.69 bits per heavy atom. The molecule has 1 N–H and O–H groups in total. The number of carbonyl (C=O) groups excluding carboxylic acids is 1. The number of nitrogens with zero attached hydrogens (tertiary/aromatic N) is 1. The number of anilines is 1. The molecule has 0 spiro atoms. The van der Waals surface area contributed by atoms with E-state index < -0.39 is 5.91 Å². The molecule has 0 aliphatic carbocycles. The molecular formula is C9H9ClN2O. The van der Waals surface area contributed by atoms with Gasteiger partial charge in [-0.25, -0.2) is 0 Å². The van der Waals surface area contributed by atoms with Crippen LogP contribution in [0.1, 0.15) is 5.69 Å². The summed E-state index contributed by atoms with van der Waals surface area (Å²) in [7, 11) is 0. The SMILES string of the molecule is C=C(Cl)C(=O)Nc1ccnc(C)c1. The third-order valence-electron chi connectivity index (χ3n) is 1.40. The molecule has 0 aromatic carbocycles. The predicted molar refractivity (Wildman–Crippen MR) is 52.6 cm³/mol. The van der Waals surface area contributed by atoms with E-state index in [2.05, 4.69) is 16.9 Å². The number of halogens is 1. The van der Waals surface area contributed by atoms with Crippen LogP contribution in [-0.4, -0.2) is 10.9 Å². The van der Waals surface area contributed by atoms with Crippen LogP contribution in [0.2, 0.25) is 0 Å². The molecule has 0 aliphatic rings. The van der Waals surface area contributed by atoms with E-state index in [0.29, 0.717) is 5.69 Å². The molecule has 0 saturated heterocycles. The highest BCUT2D eigenvalue weighted by Crippen LogP contribution is 2.09. The summed E-state index contributed by atoms with van der Waals surface area (Å²) in [6.45, 7) is 5.15. The van der Waals surface area contributed by atoms with Gasteiger partial charge in [0.05, 0.1) is 5.03 Å². The van der Waals surface area contributed by atoms with E-state index in [1.54, 1.807) is 18.3 Å². The van der Waals surface area contributed by atoms with Crippen LogP contribution < -0.4 is 5.32 Å². The lowest BCUT2D eigenvalue weighted by molar-refractivity contribution is -0.112. The Labute approximate surface area is 81.4 Å². The van der Waals surface area contributed by atoms with Crippen molar-refractivity contribution < 1.29 is 4.79 Å². The van der Waals surface area contributed by atoms with Gasteiger partial charge in [0.1, 0.15) is 0 Å². The third kappa shape index (κ3) is 2.87. The van der Waals surface area contributed by atoms with Crippen molar-refractivity contribution >= 4 is 23.2 Å². The highest BCUT2D eigenvalue weighted by Gasteiger charge is 2.03. The zero-order valence-corrected chi connectivity index (χ0v) is 7.93. The van der Waals surface area contributed by atoms with Gasteiger partial charge in [0.25, 0.3) is 5.91 Å². The Morgan fingerprint density at radius 3 is 2.92 bits per heavy atom. The molecule has 1 rings (SSSR count). The number of aromatic nitrogens is 1. The van der Waals surface area contributed by atoms with E-state index in [-0.39, 0.29) is 5.03 Å². The van der Waals surface area contributed by atoms with Gasteiger partial charge in [-0.1, -0.05) is 18.2 Å². The Kier molecular flexibility index (Phi) is 3.03. The van der Waals surface area contributed by atoms with Gasteiger partial charge in [-0.2, -0.15) is 0 Å². The van der Waals surface area contributed by atoms with Gasteiger partial charge in [-0.3, -0.25) is 9.78 Å². The normalized spacial score (nSPS) is 9.38. The maximum atomic E-state index is 11.1. The Morgan fingerprint density at radius 2 is 2.38 bits per heavy atom. The molecule has 0 saturated carbocycles. The maximum Gasteiger partial charge on any atom is 0.266 e. The lowest BCUT2D eigenvalue weighted by atomic mass is 10.3. The van der Waals surface area contributed by atoms with E-state index in [1.165, 1.54) is 0 Å². The smallest absolute Gasteiger partial charge is 0.266 e. The second-order valence-electron chi connectivity index (χ2n) is 2.54. The van der Waals surface area contributed by atoms with Crippen LogP contribution in [-0.2, 0) is 4.79 Å². The highest BCUT2D eigenvalue weighted by atomic mass is 35.5. The second-order valence-corrected chi connectivity index (χ2v) is 3.00. The summed E-state index contributed by atoms with van der Waals surface area (Å²) in [6.07, 6.45) is 1.61. The summed E-state index contributed by atoms with van der Waals surface area (Å²) >= 11 is 5.40.